The van der Waals surface area contributed by atoms with E-state index in [1.165, 1.54) is 0 Å². The van der Waals surface area contributed by atoms with Gasteiger partial charge in [0.1, 0.15) is 5.75 Å². The molecule has 0 saturated carbocycles. The van der Waals surface area contributed by atoms with E-state index < -0.39 is 0 Å². The number of halogens is 1. The molecule has 3 rings (SSSR count). The molecule has 1 heterocycles. The molecule has 0 fully saturated rings. The third-order valence-electron chi connectivity index (χ3n) is 3.52. The maximum absolute atomic E-state index is 11.9. The molecule has 0 aliphatic heterocycles. The molecule has 4 nitrogen and oxygen atoms in total. The highest BCUT2D eigenvalue weighted by Gasteiger charge is 2.05. The second kappa shape index (κ2) is 8.27. The number of carbonyl (C=O) groups is 1. The summed E-state index contributed by atoms with van der Waals surface area (Å²) in [6.45, 7) is 2.46. The van der Waals surface area contributed by atoms with Crippen LogP contribution in [-0.4, -0.2) is 17.5 Å². The molecular weight excluding hydrogens is 400 g/mol. The summed E-state index contributed by atoms with van der Waals surface area (Å²) in [5, 5.41) is 5.96. The summed E-state index contributed by atoms with van der Waals surface area (Å²) in [6.07, 6.45) is 0. The lowest BCUT2D eigenvalue weighted by molar-refractivity contribution is -0.123. The molecule has 0 bridgehead atoms. The van der Waals surface area contributed by atoms with Crippen molar-refractivity contribution in [1.82, 2.24) is 10.3 Å². The van der Waals surface area contributed by atoms with Crippen LogP contribution in [0.3, 0.4) is 0 Å². The molecule has 0 saturated heterocycles. The fourth-order valence-electron chi connectivity index (χ4n) is 2.25. The second-order valence-corrected chi connectivity index (χ2v) is 7.45. The Morgan fingerprint density at radius 1 is 1.24 bits per heavy atom. The zero-order valence-corrected chi connectivity index (χ0v) is 16.1. The number of hydrogen-bond acceptors (Lipinski definition) is 4. The van der Waals surface area contributed by atoms with Gasteiger partial charge in [0, 0.05) is 22.0 Å². The molecule has 0 unspecified atom stereocenters. The molecule has 0 aliphatic rings. The van der Waals surface area contributed by atoms with E-state index in [4.69, 9.17) is 4.74 Å². The number of thiazole rings is 1. The number of aromatic nitrogens is 1. The van der Waals surface area contributed by atoms with Gasteiger partial charge in [0.25, 0.3) is 5.91 Å². The fourth-order valence-corrected chi connectivity index (χ4v) is 3.25. The summed E-state index contributed by atoms with van der Waals surface area (Å²) in [7, 11) is 0. The number of carbonyl (C=O) groups excluding carboxylic acids is 1. The summed E-state index contributed by atoms with van der Waals surface area (Å²) in [5.74, 6) is 0.506. The average molecular weight is 417 g/mol. The van der Waals surface area contributed by atoms with Gasteiger partial charge < -0.3 is 10.1 Å². The highest BCUT2D eigenvalue weighted by atomic mass is 79.9. The molecular formula is C19H17BrN2O2S. The Labute approximate surface area is 159 Å². The maximum Gasteiger partial charge on any atom is 0.258 e. The van der Waals surface area contributed by atoms with Gasteiger partial charge in [-0.3, -0.25) is 4.79 Å². The van der Waals surface area contributed by atoms with E-state index in [2.05, 4.69) is 26.2 Å². The van der Waals surface area contributed by atoms with Gasteiger partial charge in [-0.1, -0.05) is 46.3 Å². The van der Waals surface area contributed by atoms with Crippen molar-refractivity contribution in [2.45, 2.75) is 13.5 Å². The molecule has 2 aromatic carbocycles. The van der Waals surface area contributed by atoms with Crippen LogP contribution in [0.15, 0.2) is 58.4 Å². The van der Waals surface area contributed by atoms with Gasteiger partial charge >= 0.3 is 0 Å². The van der Waals surface area contributed by atoms with Crippen molar-refractivity contribution in [2.75, 3.05) is 6.61 Å². The zero-order valence-electron chi connectivity index (χ0n) is 13.7. The van der Waals surface area contributed by atoms with Crippen molar-refractivity contribution < 1.29 is 9.53 Å². The quantitative estimate of drug-likeness (QED) is 0.639. The van der Waals surface area contributed by atoms with E-state index in [0.717, 1.165) is 26.3 Å². The second-order valence-electron chi connectivity index (χ2n) is 5.47. The predicted molar refractivity (Wildman–Crippen MR) is 104 cm³/mol. The number of aryl methyl sites for hydroxylation is 1. The average Bonchev–Trinajstić information content (AvgIpc) is 3.05. The summed E-state index contributed by atoms with van der Waals surface area (Å²) in [5.41, 5.74) is 3.10. The van der Waals surface area contributed by atoms with Gasteiger partial charge in [-0.2, -0.15) is 0 Å². The molecule has 3 aromatic rings. The Hall–Kier alpha value is -2.18. The van der Waals surface area contributed by atoms with Gasteiger partial charge in [0.05, 0.1) is 10.7 Å². The first-order valence-electron chi connectivity index (χ1n) is 7.77. The summed E-state index contributed by atoms with van der Waals surface area (Å²) < 4.78 is 6.38. The third-order valence-corrected chi connectivity index (χ3v) is 4.79. The molecule has 1 aromatic heterocycles. The van der Waals surface area contributed by atoms with Crippen molar-refractivity contribution in [3.05, 3.63) is 69.0 Å². The minimum Gasteiger partial charge on any atom is -0.484 e. The third kappa shape index (κ3) is 5.14. The first-order valence-corrected chi connectivity index (χ1v) is 9.44. The van der Waals surface area contributed by atoms with Crippen LogP contribution in [0, 0.1) is 6.92 Å². The molecule has 0 aliphatic carbocycles. The van der Waals surface area contributed by atoms with Crippen LogP contribution in [0.25, 0.3) is 11.3 Å². The van der Waals surface area contributed by atoms with Crippen molar-refractivity contribution in [2.24, 2.45) is 0 Å². The Morgan fingerprint density at radius 2 is 2.04 bits per heavy atom. The standard InChI is InChI=1S/C19H17BrN2O2S/c1-13-22-18(12-25-13)15-7-5-14(6-8-15)10-21-19(23)11-24-17-4-2-3-16(20)9-17/h2-9,12H,10-11H2,1H3,(H,21,23). The largest absolute Gasteiger partial charge is 0.484 e. The molecule has 0 radical (unpaired) electrons. The SMILES string of the molecule is Cc1nc(-c2ccc(CNC(=O)COc3cccc(Br)c3)cc2)cs1. The first kappa shape index (κ1) is 17.6. The molecule has 1 amide bonds. The normalized spacial score (nSPS) is 10.5. The van der Waals surface area contributed by atoms with Crippen LogP contribution >= 0.6 is 27.3 Å². The van der Waals surface area contributed by atoms with Crippen molar-refractivity contribution in [1.29, 1.82) is 0 Å². The highest BCUT2D eigenvalue weighted by Crippen LogP contribution is 2.21. The summed E-state index contributed by atoms with van der Waals surface area (Å²) >= 11 is 5.01. The Kier molecular flexibility index (Phi) is 5.83. The Balaban J connectivity index is 1.48. The van der Waals surface area contributed by atoms with Crippen LogP contribution in [-0.2, 0) is 11.3 Å². The Bertz CT molecular complexity index is 862. The smallest absolute Gasteiger partial charge is 0.258 e. The molecule has 0 atom stereocenters. The lowest BCUT2D eigenvalue weighted by atomic mass is 10.1. The first-order chi connectivity index (χ1) is 12.1. The minimum absolute atomic E-state index is 0.00730. The van der Waals surface area contributed by atoms with Gasteiger partial charge in [0.2, 0.25) is 0 Å². The summed E-state index contributed by atoms with van der Waals surface area (Å²) in [4.78, 5) is 16.4. The van der Waals surface area contributed by atoms with E-state index in [0.29, 0.717) is 12.3 Å². The molecule has 128 valence electrons. The van der Waals surface area contributed by atoms with Crippen LogP contribution in [0.1, 0.15) is 10.6 Å². The number of hydrogen-bond donors (Lipinski definition) is 1. The fraction of sp³-hybridized carbons (Fsp3) is 0.158. The predicted octanol–water partition coefficient (Wildman–Crippen LogP) is 4.58. The number of nitrogens with one attached hydrogen (secondary N) is 1. The van der Waals surface area contributed by atoms with E-state index in [1.807, 2.05) is 60.8 Å². The van der Waals surface area contributed by atoms with Crippen molar-refractivity contribution in [3.63, 3.8) is 0 Å². The molecule has 6 heteroatoms. The molecule has 1 N–H and O–H groups in total. The van der Waals surface area contributed by atoms with Crippen LogP contribution in [0.4, 0.5) is 0 Å². The van der Waals surface area contributed by atoms with Gasteiger partial charge in [0.15, 0.2) is 6.61 Å². The number of nitrogens with zero attached hydrogens (tertiary/aromatic N) is 1. The van der Waals surface area contributed by atoms with E-state index in [1.54, 1.807) is 11.3 Å². The van der Waals surface area contributed by atoms with Gasteiger partial charge in [-0.15, -0.1) is 11.3 Å². The zero-order chi connectivity index (χ0) is 17.6. The van der Waals surface area contributed by atoms with Gasteiger partial charge in [-0.05, 0) is 30.7 Å². The van der Waals surface area contributed by atoms with E-state index in [9.17, 15) is 4.79 Å². The lowest BCUT2D eigenvalue weighted by Gasteiger charge is -2.08. The number of amides is 1. The summed E-state index contributed by atoms with van der Waals surface area (Å²) in [6, 6.07) is 15.5. The molecule has 0 spiro atoms. The highest BCUT2D eigenvalue weighted by molar-refractivity contribution is 9.10. The van der Waals surface area contributed by atoms with E-state index >= 15 is 0 Å². The maximum atomic E-state index is 11.9. The number of benzene rings is 2. The lowest BCUT2D eigenvalue weighted by Crippen LogP contribution is -2.28. The van der Waals surface area contributed by atoms with Crippen molar-refractivity contribution >= 4 is 33.2 Å². The van der Waals surface area contributed by atoms with Crippen molar-refractivity contribution in [3.8, 4) is 17.0 Å². The molecule has 25 heavy (non-hydrogen) atoms. The Morgan fingerprint density at radius 3 is 2.72 bits per heavy atom. The number of ether oxygens (including phenoxy) is 1. The topological polar surface area (TPSA) is 51.2 Å². The van der Waals surface area contributed by atoms with Crippen LogP contribution in [0.5, 0.6) is 5.75 Å². The van der Waals surface area contributed by atoms with E-state index in [-0.39, 0.29) is 12.5 Å². The van der Waals surface area contributed by atoms with Gasteiger partial charge in [-0.25, -0.2) is 4.98 Å². The number of rotatable bonds is 6. The monoisotopic (exact) mass is 416 g/mol. The minimum atomic E-state index is -0.154. The van der Waals surface area contributed by atoms with Crippen LogP contribution in [0.2, 0.25) is 0 Å². The van der Waals surface area contributed by atoms with Crippen LogP contribution < -0.4 is 10.1 Å².